The Hall–Kier alpha value is -2.50. The summed E-state index contributed by atoms with van der Waals surface area (Å²) in [6, 6.07) is 5.35. The van der Waals surface area contributed by atoms with Crippen molar-refractivity contribution in [1.82, 2.24) is 19.9 Å². The Labute approximate surface area is 109 Å². The fraction of sp³-hybridized carbons (Fsp3) is 0.154. The molecule has 0 bridgehead atoms. The number of fused-ring (bicyclic) bond motifs is 1. The van der Waals surface area contributed by atoms with Crippen LogP contribution in [0.5, 0.6) is 0 Å². The number of aromatic amines is 1. The van der Waals surface area contributed by atoms with Crippen LogP contribution in [-0.2, 0) is 0 Å². The second kappa shape index (κ2) is 4.31. The van der Waals surface area contributed by atoms with Crippen LogP contribution in [0.2, 0.25) is 0 Å². The average molecular weight is 257 g/mol. The van der Waals surface area contributed by atoms with E-state index in [0.29, 0.717) is 17.0 Å². The van der Waals surface area contributed by atoms with Crippen LogP contribution in [0, 0.1) is 5.82 Å². The van der Waals surface area contributed by atoms with E-state index in [1.807, 2.05) is 31.1 Å². The Balaban J connectivity index is 2.14. The second-order valence-electron chi connectivity index (χ2n) is 4.38. The van der Waals surface area contributed by atoms with Crippen LogP contribution in [0.25, 0.3) is 22.6 Å². The molecule has 0 aliphatic heterocycles. The molecule has 0 radical (unpaired) electrons. The number of pyridine rings is 2. The van der Waals surface area contributed by atoms with E-state index in [-0.39, 0.29) is 0 Å². The van der Waals surface area contributed by atoms with Crippen LogP contribution in [0.1, 0.15) is 0 Å². The second-order valence-corrected chi connectivity index (χ2v) is 4.38. The van der Waals surface area contributed by atoms with Gasteiger partial charge in [0.15, 0.2) is 11.5 Å². The largest absolute Gasteiger partial charge is 0.363 e. The molecule has 6 heteroatoms. The molecule has 0 fully saturated rings. The van der Waals surface area contributed by atoms with E-state index < -0.39 is 5.82 Å². The topological polar surface area (TPSA) is 57.7 Å². The van der Waals surface area contributed by atoms with E-state index in [9.17, 15) is 4.39 Å². The maximum absolute atomic E-state index is 13.7. The van der Waals surface area contributed by atoms with Gasteiger partial charge in [-0.15, -0.1) is 0 Å². The molecular weight excluding hydrogens is 245 g/mol. The van der Waals surface area contributed by atoms with Crippen LogP contribution in [-0.4, -0.2) is 34.0 Å². The molecule has 0 unspecified atom stereocenters. The molecule has 96 valence electrons. The summed E-state index contributed by atoms with van der Waals surface area (Å²) >= 11 is 0. The fourth-order valence-electron chi connectivity index (χ4n) is 1.83. The van der Waals surface area contributed by atoms with Crippen molar-refractivity contribution in [3.05, 3.63) is 36.4 Å². The van der Waals surface area contributed by atoms with Crippen LogP contribution in [0.4, 0.5) is 10.2 Å². The molecule has 3 heterocycles. The maximum Gasteiger partial charge on any atom is 0.180 e. The molecule has 1 N–H and O–H groups in total. The highest BCUT2D eigenvalue weighted by Gasteiger charge is 2.11. The number of imidazole rings is 1. The summed E-state index contributed by atoms with van der Waals surface area (Å²) in [4.78, 5) is 17.4. The SMILES string of the molecule is CN(C)c1ccc2[nH]c(-c3ccncc3F)nc2n1. The number of anilines is 1. The first-order chi connectivity index (χ1) is 9.15. The highest BCUT2D eigenvalue weighted by atomic mass is 19.1. The Morgan fingerprint density at radius 3 is 2.74 bits per heavy atom. The van der Waals surface area contributed by atoms with Gasteiger partial charge in [-0.1, -0.05) is 0 Å². The summed E-state index contributed by atoms with van der Waals surface area (Å²) in [6.45, 7) is 0. The minimum atomic E-state index is -0.408. The smallest absolute Gasteiger partial charge is 0.180 e. The van der Waals surface area contributed by atoms with Gasteiger partial charge in [0.25, 0.3) is 0 Å². The van der Waals surface area contributed by atoms with E-state index in [4.69, 9.17) is 0 Å². The molecule has 3 aromatic rings. The van der Waals surface area contributed by atoms with Gasteiger partial charge in [-0.25, -0.2) is 14.4 Å². The van der Waals surface area contributed by atoms with E-state index in [2.05, 4.69) is 19.9 Å². The standard InChI is InChI=1S/C13H12FN5/c1-19(2)11-4-3-10-13(17-11)18-12(16-10)8-5-6-15-7-9(8)14/h3-7H,1-2H3,(H,16,17,18). The number of rotatable bonds is 2. The number of aromatic nitrogens is 4. The molecule has 3 aromatic heterocycles. The summed E-state index contributed by atoms with van der Waals surface area (Å²) in [5, 5.41) is 0. The van der Waals surface area contributed by atoms with Crippen LogP contribution < -0.4 is 4.90 Å². The first-order valence-electron chi connectivity index (χ1n) is 5.79. The van der Waals surface area contributed by atoms with Crippen molar-refractivity contribution in [3.63, 3.8) is 0 Å². The lowest BCUT2D eigenvalue weighted by atomic mass is 10.2. The van der Waals surface area contributed by atoms with E-state index in [0.717, 1.165) is 11.3 Å². The number of halogens is 1. The quantitative estimate of drug-likeness (QED) is 0.764. The zero-order valence-electron chi connectivity index (χ0n) is 10.6. The lowest BCUT2D eigenvalue weighted by molar-refractivity contribution is 0.624. The summed E-state index contributed by atoms with van der Waals surface area (Å²) in [7, 11) is 3.81. The number of H-pyrrole nitrogens is 1. The Kier molecular flexibility index (Phi) is 2.63. The summed E-state index contributed by atoms with van der Waals surface area (Å²) in [5.74, 6) is 0.855. The van der Waals surface area contributed by atoms with Crippen molar-refractivity contribution in [2.45, 2.75) is 0 Å². The van der Waals surface area contributed by atoms with Gasteiger partial charge in [0.05, 0.1) is 17.3 Å². The van der Waals surface area contributed by atoms with Gasteiger partial charge < -0.3 is 9.88 Å². The zero-order chi connectivity index (χ0) is 13.4. The summed E-state index contributed by atoms with van der Waals surface area (Å²) in [5.41, 5.74) is 1.73. The molecule has 5 nitrogen and oxygen atoms in total. The lowest BCUT2D eigenvalue weighted by Crippen LogP contribution is -2.10. The van der Waals surface area contributed by atoms with Gasteiger partial charge in [0.2, 0.25) is 0 Å². The first-order valence-corrected chi connectivity index (χ1v) is 5.79. The van der Waals surface area contributed by atoms with Gasteiger partial charge in [-0.3, -0.25) is 4.98 Å². The van der Waals surface area contributed by atoms with Gasteiger partial charge in [-0.2, -0.15) is 0 Å². The molecule has 0 amide bonds. The zero-order valence-corrected chi connectivity index (χ0v) is 10.6. The minimum absolute atomic E-state index is 0.388. The Morgan fingerprint density at radius 1 is 1.16 bits per heavy atom. The van der Waals surface area contributed by atoms with Crippen molar-refractivity contribution < 1.29 is 4.39 Å². The van der Waals surface area contributed by atoms with Crippen LogP contribution in [0.15, 0.2) is 30.6 Å². The van der Waals surface area contributed by atoms with Gasteiger partial charge in [0, 0.05) is 20.3 Å². The van der Waals surface area contributed by atoms with Crippen LogP contribution in [0.3, 0.4) is 0 Å². The summed E-state index contributed by atoms with van der Waals surface area (Å²) < 4.78 is 13.7. The molecule has 0 aliphatic rings. The average Bonchev–Trinajstić information content (AvgIpc) is 2.81. The van der Waals surface area contributed by atoms with Crippen LogP contribution >= 0.6 is 0 Å². The van der Waals surface area contributed by atoms with Crippen molar-refractivity contribution in [1.29, 1.82) is 0 Å². The van der Waals surface area contributed by atoms with Crippen molar-refractivity contribution >= 4 is 17.0 Å². The van der Waals surface area contributed by atoms with E-state index in [1.165, 1.54) is 12.4 Å². The molecular formula is C13H12FN5. The fourth-order valence-corrected chi connectivity index (χ4v) is 1.83. The maximum atomic E-state index is 13.7. The van der Waals surface area contributed by atoms with Gasteiger partial charge >= 0.3 is 0 Å². The third-order valence-electron chi connectivity index (χ3n) is 2.82. The highest BCUT2D eigenvalue weighted by molar-refractivity contribution is 5.77. The predicted octanol–water partition coefficient (Wildman–Crippen LogP) is 2.22. The first kappa shape index (κ1) is 11.6. The number of nitrogens with one attached hydrogen (secondary N) is 1. The molecule has 3 rings (SSSR count). The van der Waals surface area contributed by atoms with E-state index in [1.54, 1.807) is 6.07 Å². The molecule has 0 saturated heterocycles. The number of nitrogens with zero attached hydrogens (tertiary/aromatic N) is 4. The molecule has 0 spiro atoms. The lowest BCUT2D eigenvalue weighted by Gasteiger charge is -2.09. The van der Waals surface area contributed by atoms with Gasteiger partial charge in [0.1, 0.15) is 11.6 Å². The summed E-state index contributed by atoms with van der Waals surface area (Å²) in [6.07, 6.45) is 2.70. The predicted molar refractivity (Wildman–Crippen MR) is 71.4 cm³/mol. The number of hydrogen-bond acceptors (Lipinski definition) is 4. The van der Waals surface area contributed by atoms with E-state index >= 15 is 0 Å². The van der Waals surface area contributed by atoms with Crippen molar-refractivity contribution in [2.24, 2.45) is 0 Å². The normalized spacial score (nSPS) is 10.9. The molecule has 19 heavy (non-hydrogen) atoms. The molecule has 0 saturated carbocycles. The molecule has 0 aliphatic carbocycles. The Bertz CT molecular complexity index is 735. The minimum Gasteiger partial charge on any atom is -0.363 e. The van der Waals surface area contributed by atoms with Crippen molar-refractivity contribution in [3.8, 4) is 11.4 Å². The van der Waals surface area contributed by atoms with Crippen molar-refractivity contribution in [2.75, 3.05) is 19.0 Å². The highest BCUT2D eigenvalue weighted by Crippen LogP contribution is 2.22. The third-order valence-corrected chi connectivity index (χ3v) is 2.82. The Morgan fingerprint density at radius 2 is 2.00 bits per heavy atom. The third kappa shape index (κ3) is 2.01. The molecule has 0 atom stereocenters. The van der Waals surface area contributed by atoms with Gasteiger partial charge in [-0.05, 0) is 18.2 Å². The molecule has 0 aromatic carbocycles. The number of hydrogen-bond donors (Lipinski definition) is 1. The monoisotopic (exact) mass is 257 g/mol.